The van der Waals surface area contributed by atoms with E-state index >= 15 is 0 Å². The second-order valence-corrected chi connectivity index (χ2v) is 5.28. The van der Waals surface area contributed by atoms with Gasteiger partial charge in [-0.3, -0.25) is 4.79 Å². The molecule has 0 saturated heterocycles. The number of hydrogen-bond donors (Lipinski definition) is 1. The Morgan fingerprint density at radius 2 is 1.90 bits per heavy atom. The summed E-state index contributed by atoms with van der Waals surface area (Å²) in [5.74, 6) is -1.12. The standard InChI is InChI=1S/C19H20O2/c1-15-7-5-11-17(13-15)14-18(19(20)21)12-6-10-16-8-3-2-4-9-16/h2-11,13,18H,12,14H2,1H3,(H,20,21). The topological polar surface area (TPSA) is 37.3 Å². The number of carboxylic acid groups (broad SMARTS) is 1. The van der Waals surface area contributed by atoms with Crippen molar-refractivity contribution in [1.29, 1.82) is 0 Å². The van der Waals surface area contributed by atoms with Crippen molar-refractivity contribution in [1.82, 2.24) is 0 Å². The first kappa shape index (κ1) is 15.0. The fraction of sp³-hybridized carbons (Fsp3) is 0.211. The van der Waals surface area contributed by atoms with E-state index in [-0.39, 0.29) is 5.92 Å². The summed E-state index contributed by atoms with van der Waals surface area (Å²) in [6.45, 7) is 2.02. The fourth-order valence-corrected chi connectivity index (χ4v) is 2.33. The summed E-state index contributed by atoms with van der Waals surface area (Å²) in [7, 11) is 0. The molecule has 2 heteroatoms. The summed E-state index contributed by atoms with van der Waals surface area (Å²) in [6.07, 6.45) is 5.03. The smallest absolute Gasteiger partial charge is 0.307 e. The number of aryl methyl sites for hydroxylation is 1. The van der Waals surface area contributed by atoms with Gasteiger partial charge in [0.05, 0.1) is 5.92 Å². The lowest BCUT2D eigenvalue weighted by molar-refractivity contribution is -0.141. The van der Waals surface area contributed by atoms with E-state index < -0.39 is 5.97 Å². The first-order valence-electron chi connectivity index (χ1n) is 7.15. The first-order chi connectivity index (χ1) is 10.1. The van der Waals surface area contributed by atoms with Crippen molar-refractivity contribution < 1.29 is 9.90 Å². The lowest BCUT2D eigenvalue weighted by Crippen LogP contribution is -2.15. The lowest BCUT2D eigenvalue weighted by Gasteiger charge is -2.10. The van der Waals surface area contributed by atoms with Crippen LogP contribution in [0.5, 0.6) is 0 Å². The van der Waals surface area contributed by atoms with E-state index in [0.29, 0.717) is 12.8 Å². The average molecular weight is 280 g/mol. The van der Waals surface area contributed by atoms with Gasteiger partial charge in [-0.25, -0.2) is 0 Å². The molecule has 0 heterocycles. The Balaban J connectivity index is 2.00. The molecule has 1 atom stereocenters. The third-order valence-electron chi connectivity index (χ3n) is 3.44. The summed E-state index contributed by atoms with van der Waals surface area (Å²) in [6, 6.07) is 18.0. The molecule has 1 unspecified atom stereocenters. The number of carboxylic acids is 1. The molecule has 2 rings (SSSR count). The van der Waals surface area contributed by atoms with Gasteiger partial charge in [0.25, 0.3) is 0 Å². The van der Waals surface area contributed by atoms with Gasteiger partial charge in [0.15, 0.2) is 0 Å². The molecule has 0 aromatic heterocycles. The van der Waals surface area contributed by atoms with Crippen LogP contribution in [-0.2, 0) is 11.2 Å². The van der Waals surface area contributed by atoms with Gasteiger partial charge in [0.1, 0.15) is 0 Å². The Morgan fingerprint density at radius 3 is 2.57 bits per heavy atom. The zero-order chi connectivity index (χ0) is 15.1. The van der Waals surface area contributed by atoms with Crippen molar-refractivity contribution in [2.45, 2.75) is 19.8 Å². The van der Waals surface area contributed by atoms with E-state index in [1.54, 1.807) is 0 Å². The van der Waals surface area contributed by atoms with Crippen LogP contribution < -0.4 is 0 Å². The van der Waals surface area contributed by atoms with Crippen molar-refractivity contribution in [3.8, 4) is 0 Å². The van der Waals surface area contributed by atoms with Crippen LogP contribution >= 0.6 is 0 Å². The minimum Gasteiger partial charge on any atom is -0.481 e. The number of carbonyl (C=O) groups is 1. The van der Waals surface area contributed by atoms with E-state index in [4.69, 9.17) is 0 Å². The minimum atomic E-state index is -0.741. The van der Waals surface area contributed by atoms with Gasteiger partial charge in [-0.1, -0.05) is 72.3 Å². The molecule has 2 aromatic rings. The average Bonchev–Trinajstić information content (AvgIpc) is 2.47. The van der Waals surface area contributed by atoms with E-state index in [2.05, 4.69) is 6.07 Å². The SMILES string of the molecule is Cc1cccc(CC(CC=Cc2ccccc2)C(=O)O)c1. The molecular weight excluding hydrogens is 260 g/mol. The van der Waals surface area contributed by atoms with E-state index in [0.717, 1.165) is 16.7 Å². The van der Waals surface area contributed by atoms with Gasteiger partial charge in [0, 0.05) is 0 Å². The Kier molecular flexibility index (Phi) is 5.33. The van der Waals surface area contributed by atoms with Crippen LogP contribution in [0.1, 0.15) is 23.1 Å². The molecule has 0 aliphatic heterocycles. The highest BCUT2D eigenvalue weighted by Gasteiger charge is 2.16. The molecule has 0 amide bonds. The number of allylic oxidation sites excluding steroid dienone is 1. The molecule has 21 heavy (non-hydrogen) atoms. The third kappa shape index (κ3) is 4.92. The summed E-state index contributed by atoms with van der Waals surface area (Å²) < 4.78 is 0. The van der Waals surface area contributed by atoms with Crippen LogP contribution in [0, 0.1) is 12.8 Å². The van der Waals surface area contributed by atoms with Crippen molar-refractivity contribution in [3.63, 3.8) is 0 Å². The second-order valence-electron chi connectivity index (χ2n) is 5.28. The maximum atomic E-state index is 11.4. The van der Waals surface area contributed by atoms with Crippen LogP contribution in [-0.4, -0.2) is 11.1 Å². The molecule has 2 nitrogen and oxygen atoms in total. The Hall–Kier alpha value is -2.35. The van der Waals surface area contributed by atoms with Gasteiger partial charge in [-0.2, -0.15) is 0 Å². The molecule has 0 spiro atoms. The predicted molar refractivity (Wildman–Crippen MR) is 86.1 cm³/mol. The normalized spacial score (nSPS) is 12.4. The zero-order valence-corrected chi connectivity index (χ0v) is 12.2. The molecule has 0 fully saturated rings. The van der Waals surface area contributed by atoms with Gasteiger partial charge in [-0.15, -0.1) is 0 Å². The van der Waals surface area contributed by atoms with E-state index in [1.165, 1.54) is 0 Å². The molecular formula is C19H20O2. The highest BCUT2D eigenvalue weighted by atomic mass is 16.4. The van der Waals surface area contributed by atoms with Gasteiger partial charge < -0.3 is 5.11 Å². The zero-order valence-electron chi connectivity index (χ0n) is 12.2. The number of benzene rings is 2. The van der Waals surface area contributed by atoms with Crippen molar-refractivity contribution in [2.24, 2.45) is 5.92 Å². The Bertz CT molecular complexity index is 614. The largest absolute Gasteiger partial charge is 0.481 e. The molecule has 2 aromatic carbocycles. The van der Waals surface area contributed by atoms with Gasteiger partial charge in [-0.05, 0) is 30.9 Å². The molecule has 108 valence electrons. The summed E-state index contributed by atoms with van der Waals surface area (Å²) in [5, 5.41) is 9.37. The molecule has 1 N–H and O–H groups in total. The van der Waals surface area contributed by atoms with Crippen LogP contribution in [0.15, 0.2) is 60.7 Å². The van der Waals surface area contributed by atoms with E-state index in [9.17, 15) is 9.90 Å². The maximum absolute atomic E-state index is 11.4. The minimum absolute atomic E-state index is 0.383. The molecule has 0 radical (unpaired) electrons. The van der Waals surface area contributed by atoms with Crippen molar-refractivity contribution >= 4 is 12.0 Å². The van der Waals surface area contributed by atoms with Crippen molar-refractivity contribution in [3.05, 3.63) is 77.4 Å². The van der Waals surface area contributed by atoms with Crippen LogP contribution in [0.4, 0.5) is 0 Å². The van der Waals surface area contributed by atoms with Crippen LogP contribution in [0.2, 0.25) is 0 Å². The first-order valence-corrected chi connectivity index (χ1v) is 7.15. The van der Waals surface area contributed by atoms with Gasteiger partial charge >= 0.3 is 5.97 Å². The number of rotatable bonds is 6. The number of hydrogen-bond acceptors (Lipinski definition) is 1. The summed E-state index contributed by atoms with van der Waals surface area (Å²) in [4.78, 5) is 11.4. The highest BCUT2D eigenvalue weighted by molar-refractivity contribution is 5.71. The predicted octanol–water partition coefficient (Wildman–Crippen LogP) is 4.34. The van der Waals surface area contributed by atoms with E-state index in [1.807, 2.05) is 67.6 Å². The quantitative estimate of drug-likeness (QED) is 0.854. The molecule has 0 aliphatic carbocycles. The van der Waals surface area contributed by atoms with Crippen LogP contribution in [0.3, 0.4) is 0 Å². The second kappa shape index (κ2) is 7.44. The lowest BCUT2D eigenvalue weighted by atomic mass is 9.95. The Morgan fingerprint density at radius 1 is 1.14 bits per heavy atom. The number of aliphatic carboxylic acids is 1. The van der Waals surface area contributed by atoms with Gasteiger partial charge in [0.2, 0.25) is 0 Å². The van der Waals surface area contributed by atoms with Crippen molar-refractivity contribution in [2.75, 3.05) is 0 Å². The van der Waals surface area contributed by atoms with Crippen LogP contribution in [0.25, 0.3) is 6.08 Å². The summed E-state index contributed by atoms with van der Waals surface area (Å²) in [5.41, 5.74) is 3.34. The monoisotopic (exact) mass is 280 g/mol. The molecule has 0 bridgehead atoms. The molecule has 0 saturated carbocycles. The molecule has 0 aliphatic rings. The maximum Gasteiger partial charge on any atom is 0.307 e. The fourth-order valence-electron chi connectivity index (χ4n) is 2.33. The third-order valence-corrected chi connectivity index (χ3v) is 3.44. The highest BCUT2D eigenvalue weighted by Crippen LogP contribution is 2.15. The summed E-state index contributed by atoms with van der Waals surface area (Å²) >= 11 is 0. The Labute approximate surface area is 125 Å².